The van der Waals surface area contributed by atoms with Crippen LogP contribution in [0.3, 0.4) is 0 Å². The fourth-order valence-electron chi connectivity index (χ4n) is 0.695. The van der Waals surface area contributed by atoms with Crippen molar-refractivity contribution >= 4 is 28.2 Å². The summed E-state index contributed by atoms with van der Waals surface area (Å²) in [6.45, 7) is 0. The molecule has 0 aromatic heterocycles. The third-order valence-electron chi connectivity index (χ3n) is 1.25. The average Bonchev–Trinajstić information content (AvgIpc) is 1.89. The van der Waals surface area contributed by atoms with Gasteiger partial charge in [-0.15, -0.1) is 0 Å². The summed E-state index contributed by atoms with van der Waals surface area (Å²) in [6, 6.07) is 8.00. The summed E-state index contributed by atoms with van der Waals surface area (Å²) >= 11 is 1.51. The molecule has 0 saturated heterocycles. The second kappa shape index (κ2) is 3.11. The van der Waals surface area contributed by atoms with Gasteiger partial charge in [-0.3, -0.25) is 0 Å². The van der Waals surface area contributed by atoms with Gasteiger partial charge in [0.15, 0.2) is 0 Å². The molecule has 9 heavy (non-hydrogen) atoms. The van der Waals surface area contributed by atoms with E-state index in [1.807, 2.05) is 18.2 Å². The quantitative estimate of drug-likeness (QED) is 0.558. The fourth-order valence-corrected chi connectivity index (χ4v) is 1.61. The first kappa shape index (κ1) is 6.93. The molecule has 45 valence electrons. The average molecular weight is 225 g/mol. The molecule has 0 atom stereocenters. The third kappa shape index (κ3) is 1.61. The topological polar surface area (TPSA) is 26.0 Å². The molecule has 0 bridgehead atoms. The van der Waals surface area contributed by atoms with Gasteiger partial charge in [0, 0.05) is 0 Å². The number of rotatable bonds is 1. The second-order valence-corrected chi connectivity index (χ2v) is 2.88. The van der Waals surface area contributed by atoms with E-state index in [2.05, 4.69) is 6.07 Å². The van der Waals surface area contributed by atoms with Crippen LogP contribution in [0.25, 0.3) is 0 Å². The van der Waals surface area contributed by atoms with E-state index in [1.165, 1.54) is 28.1 Å². The molecule has 0 aliphatic rings. The molecule has 0 fully saturated rings. The monoisotopic (exact) mass is 226 g/mol. The van der Waals surface area contributed by atoms with Gasteiger partial charge in [-0.05, 0) is 0 Å². The van der Waals surface area contributed by atoms with Gasteiger partial charge in [0.1, 0.15) is 0 Å². The van der Waals surface area contributed by atoms with E-state index >= 15 is 0 Å². The number of nitrogen functional groups attached to an aromatic ring is 1. The SMILES string of the molecule is Nc1ccccc1[CH2][Sn]. The van der Waals surface area contributed by atoms with Crippen molar-refractivity contribution in [1.29, 1.82) is 0 Å². The van der Waals surface area contributed by atoms with Crippen LogP contribution in [0.1, 0.15) is 5.56 Å². The van der Waals surface area contributed by atoms with Crippen LogP contribution in [0.15, 0.2) is 24.3 Å². The normalized spacial score (nSPS) is 9.44. The van der Waals surface area contributed by atoms with Crippen molar-refractivity contribution < 1.29 is 0 Å². The summed E-state index contributed by atoms with van der Waals surface area (Å²) in [5, 5.41) is 0. The van der Waals surface area contributed by atoms with Crippen LogP contribution in [-0.2, 0) is 4.44 Å². The van der Waals surface area contributed by atoms with E-state index < -0.39 is 0 Å². The van der Waals surface area contributed by atoms with Gasteiger partial charge in [0.05, 0.1) is 0 Å². The zero-order chi connectivity index (χ0) is 6.69. The fraction of sp³-hybridized carbons (Fsp3) is 0.143. The Balaban J connectivity index is 3.01. The van der Waals surface area contributed by atoms with Crippen molar-refractivity contribution in [1.82, 2.24) is 0 Å². The molecule has 1 nitrogen and oxygen atoms in total. The molecule has 0 saturated carbocycles. The minimum atomic E-state index is 0.925. The zero-order valence-electron chi connectivity index (χ0n) is 5.09. The number of para-hydroxylation sites is 1. The molecule has 0 aliphatic heterocycles. The van der Waals surface area contributed by atoms with Gasteiger partial charge in [0.2, 0.25) is 0 Å². The van der Waals surface area contributed by atoms with Crippen molar-refractivity contribution in [3.05, 3.63) is 29.8 Å². The molecule has 1 aromatic rings. The van der Waals surface area contributed by atoms with Crippen molar-refractivity contribution in [2.45, 2.75) is 4.44 Å². The first-order chi connectivity index (χ1) is 4.34. The molecule has 3 radical (unpaired) electrons. The van der Waals surface area contributed by atoms with Gasteiger partial charge in [-0.2, -0.15) is 0 Å². The van der Waals surface area contributed by atoms with Crippen LogP contribution in [0.2, 0.25) is 0 Å². The molecule has 0 amide bonds. The van der Waals surface area contributed by atoms with Crippen LogP contribution < -0.4 is 5.73 Å². The third-order valence-corrected chi connectivity index (χ3v) is 2.33. The number of nitrogens with two attached hydrogens (primary N) is 1. The van der Waals surface area contributed by atoms with E-state index in [9.17, 15) is 0 Å². The van der Waals surface area contributed by atoms with Crippen LogP contribution in [0.5, 0.6) is 0 Å². The second-order valence-electron chi connectivity index (χ2n) is 1.88. The number of hydrogen-bond acceptors (Lipinski definition) is 1. The van der Waals surface area contributed by atoms with E-state index in [0.717, 1.165) is 10.1 Å². The van der Waals surface area contributed by atoms with Crippen LogP contribution in [0, 0.1) is 0 Å². The summed E-state index contributed by atoms with van der Waals surface area (Å²) in [5.41, 5.74) is 7.84. The Hall–Kier alpha value is -0.181. The standard InChI is InChI=1S/C7H8N.Sn/c1-6-4-2-3-5-7(6)8;/h2-5H,1,8H2;. The van der Waals surface area contributed by atoms with Crippen LogP contribution >= 0.6 is 0 Å². The molecular weight excluding hydrogens is 217 g/mol. The van der Waals surface area contributed by atoms with Gasteiger partial charge in [-0.1, -0.05) is 0 Å². The van der Waals surface area contributed by atoms with Crippen molar-refractivity contribution in [2.75, 3.05) is 5.73 Å². The number of anilines is 1. The predicted octanol–water partition coefficient (Wildman–Crippen LogP) is 0.937. The van der Waals surface area contributed by atoms with Crippen molar-refractivity contribution in [3.63, 3.8) is 0 Å². The Morgan fingerprint density at radius 2 is 2.00 bits per heavy atom. The zero-order valence-corrected chi connectivity index (χ0v) is 7.95. The van der Waals surface area contributed by atoms with Crippen molar-refractivity contribution in [2.24, 2.45) is 0 Å². The molecule has 0 aliphatic carbocycles. The first-order valence-corrected chi connectivity index (χ1v) is 4.84. The molecule has 1 aromatic carbocycles. The predicted molar refractivity (Wildman–Crippen MR) is 40.3 cm³/mol. The maximum atomic E-state index is 5.65. The van der Waals surface area contributed by atoms with Crippen LogP contribution in [-0.4, -0.2) is 22.5 Å². The molecule has 0 heterocycles. The van der Waals surface area contributed by atoms with E-state index in [0.29, 0.717) is 0 Å². The molecular formula is C7H8NSn. The maximum absolute atomic E-state index is 5.65. The molecule has 0 unspecified atom stereocenters. The molecule has 2 heteroatoms. The van der Waals surface area contributed by atoms with E-state index in [-0.39, 0.29) is 0 Å². The Morgan fingerprint density at radius 1 is 1.33 bits per heavy atom. The molecule has 0 spiro atoms. The molecule has 1 rings (SSSR count). The first-order valence-electron chi connectivity index (χ1n) is 2.82. The van der Waals surface area contributed by atoms with Gasteiger partial charge >= 0.3 is 68.2 Å². The Bertz CT molecular complexity index is 198. The number of benzene rings is 1. The van der Waals surface area contributed by atoms with Crippen molar-refractivity contribution in [3.8, 4) is 0 Å². The van der Waals surface area contributed by atoms with E-state index in [1.54, 1.807) is 0 Å². The molecule has 2 N–H and O–H groups in total. The summed E-state index contributed by atoms with van der Waals surface area (Å²) in [7, 11) is 0. The Morgan fingerprint density at radius 3 is 2.44 bits per heavy atom. The number of hydrogen-bond donors (Lipinski definition) is 1. The van der Waals surface area contributed by atoms with Gasteiger partial charge in [0.25, 0.3) is 0 Å². The summed E-state index contributed by atoms with van der Waals surface area (Å²) in [5.74, 6) is 0. The summed E-state index contributed by atoms with van der Waals surface area (Å²) in [4.78, 5) is 0. The van der Waals surface area contributed by atoms with E-state index in [4.69, 9.17) is 5.73 Å². The Kier molecular flexibility index (Phi) is 2.39. The summed E-state index contributed by atoms with van der Waals surface area (Å²) < 4.78 is 1.11. The Labute approximate surface area is 68.3 Å². The van der Waals surface area contributed by atoms with Crippen LogP contribution in [0.4, 0.5) is 5.69 Å². The summed E-state index contributed by atoms with van der Waals surface area (Å²) in [6.07, 6.45) is 0. The van der Waals surface area contributed by atoms with Gasteiger partial charge in [-0.25, -0.2) is 0 Å². The minimum absolute atomic E-state index is 0.925. The van der Waals surface area contributed by atoms with Gasteiger partial charge < -0.3 is 0 Å².